The molecule has 1 spiro atoms. The van der Waals surface area contributed by atoms with Gasteiger partial charge in [0.25, 0.3) is 0 Å². The van der Waals surface area contributed by atoms with Gasteiger partial charge in [0.1, 0.15) is 11.2 Å². The van der Waals surface area contributed by atoms with Crippen LogP contribution in [-0.2, 0) is 5.41 Å². The first kappa shape index (κ1) is 39.2. The van der Waals surface area contributed by atoms with Crippen LogP contribution in [0.4, 0.5) is 17.1 Å². The molecule has 0 unspecified atom stereocenters. The van der Waals surface area contributed by atoms with E-state index in [0.717, 1.165) is 50.1 Å². The molecule has 322 valence electrons. The topological polar surface area (TPSA) is 16.4 Å². The Bertz CT molecular complexity index is 3770. The van der Waals surface area contributed by atoms with Crippen LogP contribution in [0.15, 0.2) is 265 Å². The maximum absolute atomic E-state index is 6.55. The Morgan fingerprint density at radius 3 is 1.23 bits per heavy atom. The van der Waals surface area contributed by atoms with E-state index in [0.29, 0.717) is 0 Å². The van der Waals surface area contributed by atoms with Crippen LogP contribution < -0.4 is 4.90 Å². The second-order valence-corrected chi connectivity index (χ2v) is 18.3. The molecule has 0 saturated heterocycles. The summed E-state index contributed by atoms with van der Waals surface area (Å²) in [7, 11) is 0. The second-order valence-electron chi connectivity index (χ2n) is 18.3. The largest absolute Gasteiger partial charge is 0.455 e. The van der Waals surface area contributed by atoms with E-state index < -0.39 is 5.41 Å². The van der Waals surface area contributed by atoms with Crippen molar-refractivity contribution in [2.45, 2.75) is 5.41 Å². The van der Waals surface area contributed by atoms with Gasteiger partial charge < -0.3 is 9.32 Å². The Morgan fingerprint density at radius 1 is 0.275 bits per heavy atom. The first-order chi connectivity index (χ1) is 34.2. The van der Waals surface area contributed by atoms with E-state index in [1.165, 1.54) is 77.9 Å². The molecule has 0 N–H and O–H groups in total. The van der Waals surface area contributed by atoms with E-state index >= 15 is 0 Å². The van der Waals surface area contributed by atoms with Crippen molar-refractivity contribution in [3.05, 3.63) is 283 Å². The summed E-state index contributed by atoms with van der Waals surface area (Å²) in [5.41, 5.74) is 23.9. The van der Waals surface area contributed by atoms with Gasteiger partial charge in [-0.1, -0.05) is 218 Å². The highest BCUT2D eigenvalue weighted by molar-refractivity contribution is 6.09. The van der Waals surface area contributed by atoms with Crippen molar-refractivity contribution in [2.24, 2.45) is 0 Å². The zero-order chi connectivity index (χ0) is 45.5. The highest BCUT2D eigenvalue weighted by Gasteiger charge is 2.52. The van der Waals surface area contributed by atoms with Crippen LogP contribution in [-0.4, -0.2) is 0 Å². The summed E-state index contributed by atoms with van der Waals surface area (Å²) in [6, 6.07) is 95.8. The summed E-state index contributed by atoms with van der Waals surface area (Å²) in [4.78, 5) is 2.50. The Labute approximate surface area is 401 Å². The molecule has 0 radical (unpaired) electrons. The van der Waals surface area contributed by atoms with Gasteiger partial charge >= 0.3 is 0 Å². The molecule has 2 aliphatic rings. The summed E-state index contributed by atoms with van der Waals surface area (Å²) in [5, 5.41) is 2.26. The molecule has 0 bridgehead atoms. The number of hydrogen-bond acceptors (Lipinski definition) is 2. The lowest BCUT2D eigenvalue weighted by molar-refractivity contribution is 0.670. The predicted octanol–water partition coefficient (Wildman–Crippen LogP) is 18.1. The number of nitrogens with zero attached hydrogens (tertiary/aromatic N) is 1. The molecule has 1 aliphatic carbocycles. The Morgan fingerprint density at radius 2 is 0.681 bits per heavy atom. The van der Waals surface area contributed by atoms with Crippen molar-refractivity contribution in [2.75, 3.05) is 4.90 Å². The van der Waals surface area contributed by atoms with Crippen LogP contribution in [0, 0.1) is 0 Å². The van der Waals surface area contributed by atoms with Gasteiger partial charge in [-0.3, -0.25) is 0 Å². The lowest BCUT2D eigenvalue weighted by Crippen LogP contribution is -2.36. The van der Waals surface area contributed by atoms with Crippen molar-refractivity contribution >= 4 is 39.0 Å². The van der Waals surface area contributed by atoms with Gasteiger partial charge in [0.2, 0.25) is 0 Å². The molecule has 0 atom stereocenters. The molecule has 2 nitrogen and oxygen atoms in total. The number of rotatable bonds is 6. The molecule has 1 aliphatic heterocycles. The van der Waals surface area contributed by atoms with E-state index in [-0.39, 0.29) is 0 Å². The van der Waals surface area contributed by atoms with Crippen molar-refractivity contribution < 1.29 is 4.42 Å². The van der Waals surface area contributed by atoms with Crippen molar-refractivity contribution in [1.82, 2.24) is 0 Å². The predicted molar refractivity (Wildman–Crippen MR) is 286 cm³/mol. The normalized spacial score (nSPS) is 13.0. The summed E-state index contributed by atoms with van der Waals surface area (Å²) >= 11 is 0. The Kier molecular flexibility index (Phi) is 8.84. The summed E-state index contributed by atoms with van der Waals surface area (Å²) in [5.74, 6) is 0. The molecule has 11 aromatic carbocycles. The number of benzene rings is 11. The van der Waals surface area contributed by atoms with Crippen LogP contribution in [0.25, 0.3) is 88.7 Å². The number of para-hydroxylation sites is 2. The van der Waals surface area contributed by atoms with Gasteiger partial charge in [0.05, 0.1) is 16.8 Å². The second kappa shape index (κ2) is 15.6. The van der Waals surface area contributed by atoms with Gasteiger partial charge in [0.15, 0.2) is 0 Å². The standard InChI is InChI=1S/C67H43NO/c1-3-18-44(19-4-1)50-22-7-9-24-52(50)47-36-40-63-61(42-47)67(59-31-14-11-26-55(59)56-27-12-15-32-60(56)67)62-43-48(53-25-10-8-23-51(53)45-20-5-2-6-21-45)37-41-64(62)68(63)49-38-34-46(35-39-49)54-29-17-30-58-57-28-13-16-33-65(57)69-66(54)58/h1-43H. The minimum absolute atomic E-state index is 0.652. The minimum Gasteiger partial charge on any atom is -0.455 e. The first-order valence-electron chi connectivity index (χ1n) is 23.8. The lowest BCUT2D eigenvalue weighted by atomic mass is 9.64. The van der Waals surface area contributed by atoms with Crippen LogP contribution >= 0.6 is 0 Å². The molecular formula is C67H43NO. The molecule has 0 amide bonds. The molecule has 12 aromatic rings. The quantitative estimate of drug-likeness (QED) is 0.165. The summed E-state index contributed by atoms with van der Waals surface area (Å²) < 4.78 is 6.55. The van der Waals surface area contributed by atoms with Crippen LogP contribution in [0.2, 0.25) is 0 Å². The zero-order valence-electron chi connectivity index (χ0n) is 37.7. The maximum atomic E-state index is 6.55. The number of anilines is 3. The number of furan rings is 1. The van der Waals surface area contributed by atoms with Crippen LogP contribution in [0.3, 0.4) is 0 Å². The molecule has 2 heteroatoms. The van der Waals surface area contributed by atoms with E-state index in [9.17, 15) is 0 Å². The highest BCUT2D eigenvalue weighted by Crippen LogP contribution is 2.64. The highest BCUT2D eigenvalue weighted by atomic mass is 16.3. The van der Waals surface area contributed by atoms with Crippen molar-refractivity contribution in [3.8, 4) is 66.8 Å². The van der Waals surface area contributed by atoms with E-state index in [1.807, 2.05) is 6.07 Å². The van der Waals surface area contributed by atoms with E-state index in [4.69, 9.17) is 4.42 Å². The fourth-order valence-corrected chi connectivity index (χ4v) is 11.7. The molecule has 0 saturated carbocycles. The van der Waals surface area contributed by atoms with Crippen molar-refractivity contribution in [3.63, 3.8) is 0 Å². The lowest BCUT2D eigenvalue weighted by Gasteiger charge is -2.45. The average Bonchev–Trinajstić information content (AvgIpc) is 3.96. The minimum atomic E-state index is -0.652. The average molecular weight is 878 g/mol. The van der Waals surface area contributed by atoms with Gasteiger partial charge in [-0.15, -0.1) is 0 Å². The number of fused-ring (bicyclic) bond motifs is 12. The van der Waals surface area contributed by atoms with E-state index in [2.05, 4.69) is 260 Å². The molecule has 2 heterocycles. The van der Waals surface area contributed by atoms with E-state index in [1.54, 1.807) is 0 Å². The molecule has 0 fully saturated rings. The molecule has 14 rings (SSSR count). The van der Waals surface area contributed by atoms with Gasteiger partial charge in [-0.05, 0) is 126 Å². The van der Waals surface area contributed by atoms with Gasteiger partial charge in [-0.25, -0.2) is 0 Å². The molecule has 69 heavy (non-hydrogen) atoms. The van der Waals surface area contributed by atoms with Crippen LogP contribution in [0.5, 0.6) is 0 Å². The Hall–Kier alpha value is -8.98. The first-order valence-corrected chi connectivity index (χ1v) is 23.8. The maximum Gasteiger partial charge on any atom is 0.143 e. The fraction of sp³-hybridized carbons (Fsp3) is 0.0149. The Balaban J connectivity index is 1.05. The third kappa shape index (κ3) is 5.92. The molecule has 1 aromatic heterocycles. The third-order valence-electron chi connectivity index (χ3n) is 14.7. The SMILES string of the molecule is c1ccc(-c2ccccc2-c2ccc3c(c2)C2(c4ccccc4-c4ccccc42)c2cc(-c4ccccc4-c4ccccc4)ccc2N3c2ccc(-c3cccc4c3oc3ccccc34)cc2)cc1. The summed E-state index contributed by atoms with van der Waals surface area (Å²) in [6.45, 7) is 0. The molecular weight excluding hydrogens is 835 g/mol. The van der Waals surface area contributed by atoms with Gasteiger partial charge in [-0.2, -0.15) is 0 Å². The van der Waals surface area contributed by atoms with Gasteiger partial charge in [0, 0.05) is 22.0 Å². The van der Waals surface area contributed by atoms with Crippen molar-refractivity contribution in [1.29, 1.82) is 0 Å². The third-order valence-corrected chi connectivity index (χ3v) is 14.7. The fourth-order valence-electron chi connectivity index (χ4n) is 11.7. The zero-order valence-corrected chi connectivity index (χ0v) is 37.7. The monoisotopic (exact) mass is 877 g/mol. The van der Waals surface area contributed by atoms with Crippen LogP contribution in [0.1, 0.15) is 22.3 Å². The number of hydrogen-bond donors (Lipinski definition) is 0. The smallest absolute Gasteiger partial charge is 0.143 e. The summed E-state index contributed by atoms with van der Waals surface area (Å²) in [6.07, 6.45) is 0.